The summed E-state index contributed by atoms with van der Waals surface area (Å²) in [5.41, 5.74) is 7.23. The summed E-state index contributed by atoms with van der Waals surface area (Å²) in [6, 6.07) is 26.3. The highest BCUT2D eigenvalue weighted by atomic mass is 19.1. The number of benzene rings is 4. The molecule has 0 radical (unpaired) electrons. The van der Waals surface area contributed by atoms with Gasteiger partial charge in [0.1, 0.15) is 5.82 Å². The Morgan fingerprint density at radius 3 is 1.19 bits per heavy atom. The first-order chi connectivity index (χ1) is 13.8. The average molecular weight is 419 g/mol. The molecule has 0 saturated heterocycles. The number of fused-ring (bicyclic) bond motifs is 1. The Bertz CT molecular complexity index is 999. The van der Waals surface area contributed by atoms with Crippen LogP contribution in [-0.2, 0) is 0 Å². The van der Waals surface area contributed by atoms with Gasteiger partial charge >= 0.3 is 0 Å². The van der Waals surface area contributed by atoms with Crippen LogP contribution >= 0.6 is 0 Å². The van der Waals surface area contributed by atoms with Gasteiger partial charge in [-0.2, -0.15) is 0 Å². The SMILES string of the molecule is C.C.Cc1cccc(F)c1C.Cc1cccc2cccc(C)c12.Cc1ccccc1C. The molecule has 4 aromatic carbocycles. The maximum Gasteiger partial charge on any atom is 0.126 e. The van der Waals surface area contributed by atoms with Crippen LogP contribution in [0.4, 0.5) is 4.39 Å². The van der Waals surface area contributed by atoms with Gasteiger partial charge in [-0.15, -0.1) is 0 Å². The number of hydrogen-bond acceptors (Lipinski definition) is 0. The fourth-order valence-corrected chi connectivity index (χ4v) is 3.13. The Hall–Kier alpha value is -2.93. The summed E-state index contributed by atoms with van der Waals surface area (Å²) in [5, 5.41) is 2.75. The lowest BCUT2D eigenvalue weighted by atomic mass is 10.0. The van der Waals surface area contributed by atoms with Crippen LogP contribution in [0.15, 0.2) is 78.9 Å². The topological polar surface area (TPSA) is 0 Å². The molecular weight excluding hydrogens is 379 g/mol. The monoisotopic (exact) mass is 418 g/mol. The highest BCUT2D eigenvalue weighted by Gasteiger charge is 1.98. The molecule has 0 unspecified atom stereocenters. The molecule has 0 heterocycles. The maximum absolute atomic E-state index is 12.6. The Kier molecular flexibility index (Phi) is 12.1. The predicted octanol–water partition coefficient (Wildman–Crippen LogP) is 9.47. The third-order valence-electron chi connectivity index (χ3n) is 5.29. The molecule has 166 valence electrons. The quantitative estimate of drug-likeness (QED) is 0.267. The molecule has 4 rings (SSSR count). The van der Waals surface area contributed by atoms with E-state index in [1.807, 2.05) is 13.0 Å². The molecule has 0 N–H and O–H groups in total. The van der Waals surface area contributed by atoms with Crippen LogP contribution in [0.2, 0.25) is 0 Å². The molecule has 0 aliphatic rings. The molecule has 0 atom stereocenters. The van der Waals surface area contributed by atoms with E-state index in [2.05, 4.69) is 88.4 Å². The van der Waals surface area contributed by atoms with Crippen molar-refractivity contribution in [1.82, 2.24) is 0 Å². The van der Waals surface area contributed by atoms with Crippen molar-refractivity contribution in [2.75, 3.05) is 0 Å². The molecule has 0 fully saturated rings. The van der Waals surface area contributed by atoms with Crippen molar-refractivity contribution in [3.8, 4) is 0 Å². The third-order valence-corrected chi connectivity index (χ3v) is 5.29. The van der Waals surface area contributed by atoms with E-state index in [0.717, 1.165) is 11.1 Å². The minimum atomic E-state index is -0.116. The lowest BCUT2D eigenvalue weighted by Gasteiger charge is -2.04. The van der Waals surface area contributed by atoms with E-state index < -0.39 is 0 Å². The van der Waals surface area contributed by atoms with Gasteiger partial charge < -0.3 is 0 Å². The minimum Gasteiger partial charge on any atom is -0.207 e. The first-order valence-electron chi connectivity index (χ1n) is 10.00. The van der Waals surface area contributed by atoms with Crippen LogP contribution in [0, 0.1) is 47.4 Å². The second kappa shape index (κ2) is 13.4. The Morgan fingerprint density at radius 2 is 0.839 bits per heavy atom. The third kappa shape index (κ3) is 8.02. The van der Waals surface area contributed by atoms with Crippen molar-refractivity contribution in [3.05, 3.63) is 118 Å². The zero-order valence-electron chi connectivity index (χ0n) is 18.4. The zero-order chi connectivity index (χ0) is 21.4. The molecule has 0 aliphatic carbocycles. The van der Waals surface area contributed by atoms with Gasteiger partial charge in [0.2, 0.25) is 0 Å². The van der Waals surface area contributed by atoms with Gasteiger partial charge in [-0.05, 0) is 91.8 Å². The standard InChI is InChI=1S/C12H12.C8H9F.C8H10.2CH4/c1-9-5-3-7-11-8-4-6-10(2)12(9)11;1-6-4-3-5-8(9)7(6)2;1-7-5-3-4-6-8(7)2;;/h3-8H,1-2H3;3-5H,1-2H3;3-6H,1-2H3;2*1H4. The van der Waals surface area contributed by atoms with Gasteiger partial charge in [-0.3, -0.25) is 0 Å². The van der Waals surface area contributed by atoms with Crippen LogP contribution < -0.4 is 0 Å². The molecule has 0 saturated carbocycles. The van der Waals surface area contributed by atoms with Crippen molar-refractivity contribution >= 4 is 10.8 Å². The molecule has 1 heteroatoms. The number of halogens is 1. The van der Waals surface area contributed by atoms with Crippen molar-refractivity contribution in [1.29, 1.82) is 0 Å². The molecule has 0 spiro atoms. The predicted molar refractivity (Wildman–Crippen MR) is 139 cm³/mol. The van der Waals surface area contributed by atoms with E-state index in [1.165, 1.54) is 39.1 Å². The second-order valence-corrected chi connectivity index (χ2v) is 7.51. The average Bonchev–Trinajstić information content (AvgIpc) is 2.70. The first-order valence-corrected chi connectivity index (χ1v) is 10.00. The van der Waals surface area contributed by atoms with Gasteiger partial charge in [0.25, 0.3) is 0 Å². The maximum atomic E-state index is 12.6. The molecular formula is C30H39F. The Morgan fingerprint density at radius 1 is 0.452 bits per heavy atom. The minimum absolute atomic E-state index is 0. The smallest absolute Gasteiger partial charge is 0.126 e. The number of aryl methyl sites for hydroxylation is 5. The summed E-state index contributed by atoms with van der Waals surface area (Å²) in [6.45, 7) is 12.2. The van der Waals surface area contributed by atoms with E-state index in [-0.39, 0.29) is 20.7 Å². The second-order valence-electron chi connectivity index (χ2n) is 7.51. The van der Waals surface area contributed by atoms with Crippen LogP contribution in [0.3, 0.4) is 0 Å². The molecule has 0 amide bonds. The highest BCUT2D eigenvalue weighted by Crippen LogP contribution is 2.21. The lowest BCUT2D eigenvalue weighted by molar-refractivity contribution is 0.617. The summed E-state index contributed by atoms with van der Waals surface area (Å²) in [4.78, 5) is 0. The van der Waals surface area contributed by atoms with Crippen LogP contribution in [0.25, 0.3) is 10.8 Å². The van der Waals surface area contributed by atoms with Crippen LogP contribution in [0.1, 0.15) is 48.2 Å². The van der Waals surface area contributed by atoms with E-state index >= 15 is 0 Å². The van der Waals surface area contributed by atoms with Gasteiger partial charge in [-0.1, -0.05) is 87.6 Å². The van der Waals surface area contributed by atoms with E-state index in [4.69, 9.17) is 0 Å². The largest absolute Gasteiger partial charge is 0.207 e. The summed E-state index contributed by atoms with van der Waals surface area (Å²) in [6.07, 6.45) is 0. The van der Waals surface area contributed by atoms with Gasteiger partial charge in [0, 0.05) is 0 Å². The fourth-order valence-electron chi connectivity index (χ4n) is 3.13. The van der Waals surface area contributed by atoms with Crippen molar-refractivity contribution in [2.45, 2.75) is 56.4 Å². The number of hydrogen-bond donors (Lipinski definition) is 0. The molecule has 31 heavy (non-hydrogen) atoms. The normalized spacial score (nSPS) is 9.26. The summed E-state index contributed by atoms with van der Waals surface area (Å²) in [7, 11) is 0. The van der Waals surface area contributed by atoms with Crippen LogP contribution in [0.5, 0.6) is 0 Å². The zero-order valence-corrected chi connectivity index (χ0v) is 18.4. The first kappa shape index (κ1) is 28.1. The van der Waals surface area contributed by atoms with Crippen molar-refractivity contribution in [2.24, 2.45) is 0 Å². The summed E-state index contributed by atoms with van der Waals surface area (Å²) < 4.78 is 12.6. The molecule has 0 aromatic heterocycles. The molecule has 0 aliphatic heterocycles. The summed E-state index contributed by atoms with van der Waals surface area (Å²) in [5.74, 6) is -0.116. The molecule has 0 bridgehead atoms. The number of rotatable bonds is 0. The van der Waals surface area contributed by atoms with E-state index in [0.29, 0.717) is 0 Å². The molecule has 4 aromatic rings. The highest BCUT2D eigenvalue weighted by molar-refractivity contribution is 5.88. The Balaban J connectivity index is 0.000000432. The van der Waals surface area contributed by atoms with Gasteiger partial charge in [-0.25, -0.2) is 4.39 Å². The van der Waals surface area contributed by atoms with Crippen molar-refractivity contribution < 1.29 is 4.39 Å². The fraction of sp³-hybridized carbons (Fsp3) is 0.267. The Labute approximate surface area is 189 Å². The summed E-state index contributed by atoms with van der Waals surface area (Å²) >= 11 is 0. The van der Waals surface area contributed by atoms with Gasteiger partial charge in [0.05, 0.1) is 0 Å². The lowest BCUT2D eigenvalue weighted by Crippen LogP contribution is -1.83. The van der Waals surface area contributed by atoms with Crippen LogP contribution in [-0.4, -0.2) is 0 Å². The van der Waals surface area contributed by atoms with Crippen molar-refractivity contribution in [3.63, 3.8) is 0 Å². The van der Waals surface area contributed by atoms with E-state index in [1.54, 1.807) is 13.0 Å². The van der Waals surface area contributed by atoms with Gasteiger partial charge in [0.15, 0.2) is 0 Å². The molecule has 0 nitrogen and oxygen atoms in total. The van der Waals surface area contributed by atoms with E-state index in [9.17, 15) is 4.39 Å².